The molecule has 3 saturated heterocycles. The Hall–Kier alpha value is -1.82. The van der Waals surface area contributed by atoms with E-state index < -0.39 is 0 Å². The molecule has 0 aliphatic carbocycles. The standard InChI is InChI=1S/C18H27N3O3/c1-12-7-16(13(2)24-12)18(23)21-9-14-5-6-15(21)10-20(8-14)11-17(22)19(3)4/h7,14-15H,5-6,8-11H2,1-4H3/t14-,15+/m0/s1. The zero-order valence-electron chi connectivity index (χ0n) is 15.0. The van der Waals surface area contributed by atoms with Gasteiger partial charge in [0, 0.05) is 39.8 Å². The predicted octanol–water partition coefficient (Wildman–Crippen LogP) is 1.52. The molecule has 0 aromatic carbocycles. The molecule has 4 heterocycles. The van der Waals surface area contributed by atoms with Crippen LogP contribution in [0.25, 0.3) is 0 Å². The molecule has 1 aromatic heterocycles. The molecule has 2 atom stereocenters. The molecule has 0 spiro atoms. The molecule has 3 fully saturated rings. The quantitative estimate of drug-likeness (QED) is 0.842. The van der Waals surface area contributed by atoms with Crippen LogP contribution >= 0.6 is 0 Å². The van der Waals surface area contributed by atoms with Gasteiger partial charge in [-0.25, -0.2) is 0 Å². The average molecular weight is 333 g/mol. The SMILES string of the molecule is Cc1cc(C(=O)N2C[C@H]3CC[C@@H]2CN(CC(=O)N(C)C)C3)c(C)o1. The Labute approximate surface area is 143 Å². The summed E-state index contributed by atoms with van der Waals surface area (Å²) >= 11 is 0. The van der Waals surface area contributed by atoms with Crippen molar-refractivity contribution >= 4 is 11.8 Å². The second-order valence-electron chi connectivity index (χ2n) is 7.36. The first kappa shape index (κ1) is 17.0. The zero-order valence-corrected chi connectivity index (χ0v) is 15.0. The molecule has 0 saturated carbocycles. The van der Waals surface area contributed by atoms with Crippen LogP contribution in [-0.4, -0.2) is 72.8 Å². The number of rotatable bonds is 3. The van der Waals surface area contributed by atoms with Gasteiger partial charge < -0.3 is 14.2 Å². The van der Waals surface area contributed by atoms with Crippen LogP contribution in [0.15, 0.2) is 10.5 Å². The summed E-state index contributed by atoms with van der Waals surface area (Å²) in [6, 6.07) is 2.02. The van der Waals surface area contributed by atoms with Crippen molar-refractivity contribution in [1.29, 1.82) is 0 Å². The van der Waals surface area contributed by atoms with Gasteiger partial charge >= 0.3 is 0 Å². The van der Waals surface area contributed by atoms with Crippen molar-refractivity contribution < 1.29 is 14.0 Å². The summed E-state index contributed by atoms with van der Waals surface area (Å²) < 4.78 is 5.53. The summed E-state index contributed by atoms with van der Waals surface area (Å²) in [5.41, 5.74) is 0.677. The van der Waals surface area contributed by atoms with Gasteiger partial charge in [0.25, 0.3) is 5.91 Å². The Morgan fingerprint density at radius 3 is 2.58 bits per heavy atom. The van der Waals surface area contributed by atoms with Crippen LogP contribution in [0.4, 0.5) is 0 Å². The number of fused-ring (bicyclic) bond motifs is 4. The molecule has 6 nitrogen and oxygen atoms in total. The summed E-state index contributed by atoms with van der Waals surface area (Å²) in [7, 11) is 3.57. The van der Waals surface area contributed by atoms with Crippen molar-refractivity contribution in [3.63, 3.8) is 0 Å². The third kappa shape index (κ3) is 3.34. The number of piperidine rings is 1. The summed E-state index contributed by atoms with van der Waals surface area (Å²) in [5.74, 6) is 2.09. The molecule has 1 aromatic rings. The largest absolute Gasteiger partial charge is 0.466 e. The molecule has 3 aliphatic heterocycles. The van der Waals surface area contributed by atoms with Crippen LogP contribution in [0.2, 0.25) is 0 Å². The lowest BCUT2D eigenvalue weighted by molar-refractivity contribution is -0.129. The first-order valence-corrected chi connectivity index (χ1v) is 8.65. The van der Waals surface area contributed by atoms with Crippen LogP contribution in [0, 0.1) is 19.8 Å². The number of furan rings is 1. The van der Waals surface area contributed by atoms with Gasteiger partial charge in [-0.05, 0) is 38.7 Å². The number of carbonyl (C=O) groups excluding carboxylic acids is 2. The van der Waals surface area contributed by atoms with Crippen molar-refractivity contribution in [3.8, 4) is 0 Å². The highest BCUT2D eigenvalue weighted by molar-refractivity contribution is 5.95. The summed E-state index contributed by atoms with van der Waals surface area (Å²) in [5, 5.41) is 0. The number of likely N-dealkylation sites (N-methyl/N-ethyl adjacent to an activating group) is 1. The van der Waals surface area contributed by atoms with Crippen LogP contribution in [0.1, 0.15) is 34.7 Å². The van der Waals surface area contributed by atoms with E-state index in [0.717, 1.165) is 38.2 Å². The Bertz CT molecular complexity index is 637. The van der Waals surface area contributed by atoms with E-state index in [2.05, 4.69) is 4.90 Å². The normalized spacial score (nSPS) is 24.1. The fraction of sp³-hybridized carbons (Fsp3) is 0.667. The van der Waals surface area contributed by atoms with Gasteiger partial charge in [-0.2, -0.15) is 0 Å². The molecular weight excluding hydrogens is 306 g/mol. The number of hydrogen-bond acceptors (Lipinski definition) is 4. The molecule has 6 heteroatoms. The van der Waals surface area contributed by atoms with Gasteiger partial charge in [0.15, 0.2) is 0 Å². The Morgan fingerprint density at radius 2 is 1.96 bits per heavy atom. The van der Waals surface area contributed by atoms with Crippen molar-refractivity contribution in [2.45, 2.75) is 32.7 Å². The van der Waals surface area contributed by atoms with E-state index in [1.165, 1.54) is 0 Å². The molecule has 0 N–H and O–H groups in total. The summed E-state index contributed by atoms with van der Waals surface area (Å²) in [6.07, 6.45) is 2.14. The van der Waals surface area contributed by atoms with Crippen molar-refractivity contribution in [2.24, 2.45) is 5.92 Å². The van der Waals surface area contributed by atoms with Gasteiger partial charge in [0.1, 0.15) is 11.5 Å². The van der Waals surface area contributed by atoms with Crippen LogP contribution in [0.5, 0.6) is 0 Å². The van der Waals surface area contributed by atoms with E-state index >= 15 is 0 Å². The van der Waals surface area contributed by atoms with Crippen molar-refractivity contribution in [2.75, 3.05) is 40.3 Å². The smallest absolute Gasteiger partial charge is 0.257 e. The number of nitrogens with zero attached hydrogens (tertiary/aromatic N) is 3. The molecule has 4 rings (SSSR count). The minimum absolute atomic E-state index is 0.0693. The van der Waals surface area contributed by atoms with Gasteiger partial charge in [0.2, 0.25) is 5.91 Å². The lowest BCUT2D eigenvalue weighted by atomic mass is 9.94. The molecule has 2 bridgehead atoms. The monoisotopic (exact) mass is 333 g/mol. The third-order valence-electron chi connectivity index (χ3n) is 5.18. The Morgan fingerprint density at radius 1 is 1.21 bits per heavy atom. The highest BCUT2D eigenvalue weighted by atomic mass is 16.3. The van der Waals surface area contributed by atoms with E-state index in [1.54, 1.807) is 19.0 Å². The maximum atomic E-state index is 13.0. The van der Waals surface area contributed by atoms with Crippen molar-refractivity contribution in [1.82, 2.24) is 14.7 Å². The number of amides is 2. The third-order valence-corrected chi connectivity index (χ3v) is 5.18. The highest BCUT2D eigenvalue weighted by Crippen LogP contribution is 2.30. The number of hydrogen-bond donors (Lipinski definition) is 0. The fourth-order valence-corrected chi connectivity index (χ4v) is 3.89. The molecule has 24 heavy (non-hydrogen) atoms. The topological polar surface area (TPSA) is 57.0 Å². The summed E-state index contributed by atoms with van der Waals surface area (Å²) in [4.78, 5) is 30.9. The molecule has 3 aliphatic rings. The lowest BCUT2D eigenvalue weighted by Crippen LogP contribution is -2.47. The van der Waals surface area contributed by atoms with Gasteiger partial charge in [-0.15, -0.1) is 0 Å². The van der Waals surface area contributed by atoms with Gasteiger partial charge in [-0.1, -0.05) is 0 Å². The average Bonchev–Trinajstić information content (AvgIpc) is 2.69. The van der Waals surface area contributed by atoms with E-state index in [0.29, 0.717) is 23.8 Å². The second-order valence-corrected chi connectivity index (χ2v) is 7.36. The van der Waals surface area contributed by atoms with E-state index in [9.17, 15) is 9.59 Å². The minimum atomic E-state index is 0.0693. The first-order valence-electron chi connectivity index (χ1n) is 8.65. The van der Waals surface area contributed by atoms with Crippen LogP contribution in [0.3, 0.4) is 0 Å². The molecule has 0 radical (unpaired) electrons. The van der Waals surface area contributed by atoms with Crippen LogP contribution < -0.4 is 0 Å². The van der Waals surface area contributed by atoms with E-state index in [-0.39, 0.29) is 17.9 Å². The number of carbonyl (C=O) groups is 2. The molecule has 0 unspecified atom stereocenters. The maximum absolute atomic E-state index is 13.0. The van der Waals surface area contributed by atoms with E-state index in [4.69, 9.17) is 4.42 Å². The van der Waals surface area contributed by atoms with Gasteiger partial charge in [-0.3, -0.25) is 14.5 Å². The van der Waals surface area contributed by atoms with Gasteiger partial charge in [0.05, 0.1) is 12.1 Å². The first-order chi connectivity index (χ1) is 11.3. The van der Waals surface area contributed by atoms with Crippen LogP contribution in [-0.2, 0) is 4.79 Å². The van der Waals surface area contributed by atoms with E-state index in [1.807, 2.05) is 24.8 Å². The fourth-order valence-electron chi connectivity index (χ4n) is 3.89. The second kappa shape index (κ2) is 6.59. The maximum Gasteiger partial charge on any atom is 0.257 e. The minimum Gasteiger partial charge on any atom is -0.466 e. The number of aryl methyl sites for hydroxylation is 2. The zero-order chi connectivity index (χ0) is 17.4. The molecular formula is C18H27N3O3. The predicted molar refractivity (Wildman–Crippen MR) is 90.9 cm³/mol. The highest BCUT2D eigenvalue weighted by Gasteiger charge is 2.38. The molecule has 2 amide bonds. The Kier molecular flexibility index (Phi) is 4.67. The summed E-state index contributed by atoms with van der Waals surface area (Å²) in [6.45, 7) is 6.60. The molecule has 132 valence electrons. The lowest BCUT2D eigenvalue weighted by Gasteiger charge is -2.36. The Balaban J connectivity index is 1.75. The van der Waals surface area contributed by atoms with Crippen molar-refractivity contribution in [3.05, 3.63) is 23.2 Å².